The van der Waals surface area contributed by atoms with Crippen molar-refractivity contribution in [1.82, 2.24) is 0 Å². The van der Waals surface area contributed by atoms with Crippen molar-refractivity contribution in [1.29, 1.82) is 0 Å². The molecule has 3 rings (SSSR count). The van der Waals surface area contributed by atoms with E-state index in [0.29, 0.717) is 16.0 Å². The van der Waals surface area contributed by atoms with Crippen LogP contribution < -0.4 is 4.18 Å². The van der Waals surface area contributed by atoms with Crippen LogP contribution in [0, 0.1) is 0 Å². The highest BCUT2D eigenvalue weighted by atomic mass is 79.9. The van der Waals surface area contributed by atoms with Gasteiger partial charge in [-0.25, -0.2) is 0 Å². The molecule has 0 bridgehead atoms. The summed E-state index contributed by atoms with van der Waals surface area (Å²) in [5.74, 6) is 0.383. The van der Waals surface area contributed by atoms with Crippen molar-refractivity contribution < 1.29 is 22.1 Å². The highest BCUT2D eigenvalue weighted by Gasteiger charge is 2.37. The number of hydrogen-bond acceptors (Lipinski definition) is 6. The zero-order chi connectivity index (χ0) is 25.1. The van der Waals surface area contributed by atoms with E-state index in [1.165, 1.54) is 11.8 Å². The lowest BCUT2D eigenvalue weighted by Crippen LogP contribution is -2.40. The molecule has 34 heavy (non-hydrogen) atoms. The highest BCUT2D eigenvalue weighted by Crippen LogP contribution is 2.40. The number of rotatable bonds is 8. The summed E-state index contributed by atoms with van der Waals surface area (Å²) in [5.41, 5.74) is 0.852. The SMILES string of the molecule is CC(C)(C)[Si](C)(C)OCc1cc(Sc2ccc(O)cc2)c(S(=O)(=O)Oc2ccccc2)cc1Br. The van der Waals surface area contributed by atoms with Crippen molar-refractivity contribution in [2.45, 2.75) is 60.2 Å². The van der Waals surface area contributed by atoms with Gasteiger partial charge in [-0.2, -0.15) is 8.42 Å². The topological polar surface area (TPSA) is 72.8 Å². The average Bonchev–Trinajstić information content (AvgIpc) is 2.75. The van der Waals surface area contributed by atoms with Crippen molar-refractivity contribution in [3.05, 3.63) is 76.8 Å². The van der Waals surface area contributed by atoms with Crippen LogP contribution in [0.15, 0.2) is 85.9 Å². The Hall–Kier alpha value is -1.78. The van der Waals surface area contributed by atoms with Crippen LogP contribution in [0.2, 0.25) is 18.1 Å². The molecule has 0 radical (unpaired) electrons. The summed E-state index contributed by atoms with van der Waals surface area (Å²) >= 11 is 4.83. The van der Waals surface area contributed by atoms with E-state index >= 15 is 0 Å². The third-order valence-corrected chi connectivity index (χ3v) is 13.5. The fourth-order valence-corrected chi connectivity index (χ4v) is 6.62. The first kappa shape index (κ1) is 26.8. The second kappa shape index (κ2) is 10.5. The van der Waals surface area contributed by atoms with E-state index in [0.717, 1.165) is 10.5 Å². The predicted octanol–water partition coefficient (Wildman–Crippen LogP) is 7.60. The Morgan fingerprint density at radius 2 is 1.62 bits per heavy atom. The zero-order valence-corrected chi connectivity index (χ0v) is 24.1. The van der Waals surface area contributed by atoms with Crippen molar-refractivity contribution >= 4 is 46.1 Å². The summed E-state index contributed by atoms with van der Waals surface area (Å²) in [6.45, 7) is 11.3. The summed E-state index contributed by atoms with van der Waals surface area (Å²) in [6, 6.07) is 18.4. The maximum absolute atomic E-state index is 13.3. The van der Waals surface area contributed by atoms with Gasteiger partial charge in [0, 0.05) is 14.3 Å². The van der Waals surface area contributed by atoms with Crippen LogP contribution in [0.3, 0.4) is 0 Å². The van der Waals surface area contributed by atoms with Gasteiger partial charge < -0.3 is 13.7 Å². The molecule has 0 unspecified atom stereocenters. The van der Waals surface area contributed by atoms with Crippen LogP contribution in [-0.4, -0.2) is 21.8 Å². The number of hydrogen-bond donors (Lipinski definition) is 1. The standard InChI is InChI=1S/C25H29BrO5S2Si/c1-25(2,3)34(4,5)30-17-18-15-23(32-21-13-11-19(27)12-14-21)24(16-22(18)26)33(28,29)31-20-9-7-6-8-10-20/h6-16,27H,17H2,1-5H3. The lowest BCUT2D eigenvalue weighted by atomic mass is 10.2. The molecular formula is C25H29BrO5S2Si. The molecule has 182 valence electrons. The van der Waals surface area contributed by atoms with E-state index in [-0.39, 0.29) is 21.4 Å². The Morgan fingerprint density at radius 1 is 1.00 bits per heavy atom. The fraction of sp³-hybridized carbons (Fsp3) is 0.280. The fourth-order valence-electron chi connectivity index (χ4n) is 2.73. The van der Waals surface area contributed by atoms with Gasteiger partial charge in [0.2, 0.25) is 0 Å². The lowest BCUT2D eigenvalue weighted by molar-refractivity contribution is 0.275. The Kier molecular flexibility index (Phi) is 8.24. The molecule has 0 saturated heterocycles. The van der Waals surface area contributed by atoms with Gasteiger partial charge >= 0.3 is 10.1 Å². The van der Waals surface area contributed by atoms with Crippen LogP contribution in [0.25, 0.3) is 0 Å². The maximum Gasteiger partial charge on any atom is 0.340 e. The molecule has 5 nitrogen and oxygen atoms in total. The van der Waals surface area contributed by atoms with Gasteiger partial charge in [-0.3, -0.25) is 0 Å². The number of phenols is 1. The summed E-state index contributed by atoms with van der Waals surface area (Å²) in [6.07, 6.45) is 0. The smallest absolute Gasteiger partial charge is 0.340 e. The van der Waals surface area contributed by atoms with Gasteiger partial charge in [0.15, 0.2) is 8.32 Å². The van der Waals surface area contributed by atoms with Gasteiger partial charge in [0.25, 0.3) is 0 Å². The normalized spacial score (nSPS) is 12.5. The van der Waals surface area contributed by atoms with Crippen LogP contribution in [0.5, 0.6) is 11.5 Å². The van der Waals surface area contributed by atoms with E-state index in [1.807, 2.05) is 6.07 Å². The predicted molar refractivity (Wildman–Crippen MR) is 143 cm³/mol. The molecule has 0 heterocycles. The summed E-state index contributed by atoms with van der Waals surface area (Å²) in [5, 5.41) is 9.67. The first-order valence-electron chi connectivity index (χ1n) is 10.7. The number of benzene rings is 3. The van der Waals surface area contributed by atoms with E-state index < -0.39 is 18.4 Å². The van der Waals surface area contributed by atoms with Crippen LogP contribution in [0.4, 0.5) is 0 Å². The van der Waals surface area contributed by atoms with Crippen molar-refractivity contribution in [2.75, 3.05) is 0 Å². The molecule has 0 aliphatic rings. The van der Waals surface area contributed by atoms with Crippen LogP contribution in [0.1, 0.15) is 26.3 Å². The molecule has 0 aliphatic heterocycles. The second-order valence-electron chi connectivity index (χ2n) is 9.39. The lowest BCUT2D eigenvalue weighted by Gasteiger charge is -2.36. The minimum Gasteiger partial charge on any atom is -0.508 e. The van der Waals surface area contributed by atoms with Crippen molar-refractivity contribution in [3.63, 3.8) is 0 Å². The maximum atomic E-state index is 13.3. The van der Waals surface area contributed by atoms with Gasteiger partial charge in [-0.15, -0.1) is 0 Å². The minimum atomic E-state index is -4.11. The molecule has 1 N–H and O–H groups in total. The summed E-state index contributed by atoms with van der Waals surface area (Å²) < 4.78 is 39.0. The monoisotopic (exact) mass is 580 g/mol. The van der Waals surface area contributed by atoms with E-state index in [4.69, 9.17) is 8.61 Å². The summed E-state index contributed by atoms with van der Waals surface area (Å²) in [7, 11) is -6.12. The largest absolute Gasteiger partial charge is 0.508 e. The van der Waals surface area contributed by atoms with Crippen molar-refractivity contribution in [2.24, 2.45) is 0 Å². The Labute approximate surface area is 215 Å². The van der Waals surface area contributed by atoms with E-state index in [2.05, 4.69) is 49.8 Å². The Morgan fingerprint density at radius 3 is 2.21 bits per heavy atom. The molecule has 0 atom stereocenters. The summed E-state index contributed by atoms with van der Waals surface area (Å²) in [4.78, 5) is 1.35. The molecule has 0 aromatic heterocycles. The van der Waals surface area contributed by atoms with Gasteiger partial charge in [-0.05, 0) is 72.2 Å². The Bertz CT molecular complexity index is 1240. The number of phenolic OH excluding ortho intramolecular Hbond substituents is 1. The first-order valence-corrected chi connectivity index (χ1v) is 16.6. The average molecular weight is 582 g/mol. The molecule has 0 spiro atoms. The molecule has 9 heteroatoms. The number of para-hydroxylation sites is 1. The third-order valence-electron chi connectivity index (χ3n) is 5.79. The van der Waals surface area contributed by atoms with E-state index in [1.54, 1.807) is 60.7 Å². The molecule has 0 aliphatic carbocycles. The number of halogens is 1. The van der Waals surface area contributed by atoms with Gasteiger partial charge in [0.05, 0.1) is 6.61 Å². The van der Waals surface area contributed by atoms with Gasteiger partial charge in [0.1, 0.15) is 16.4 Å². The molecular weight excluding hydrogens is 552 g/mol. The van der Waals surface area contributed by atoms with E-state index in [9.17, 15) is 13.5 Å². The van der Waals surface area contributed by atoms with Gasteiger partial charge in [-0.1, -0.05) is 66.7 Å². The van der Waals surface area contributed by atoms with Crippen molar-refractivity contribution in [3.8, 4) is 11.5 Å². The zero-order valence-electron chi connectivity index (χ0n) is 19.8. The van der Waals surface area contributed by atoms with Crippen LogP contribution in [-0.2, 0) is 21.2 Å². The minimum absolute atomic E-state index is 0.0515. The molecule has 0 saturated carbocycles. The molecule has 0 fully saturated rings. The first-order chi connectivity index (χ1) is 15.8. The van der Waals surface area contributed by atoms with Crippen LogP contribution >= 0.6 is 27.7 Å². The highest BCUT2D eigenvalue weighted by molar-refractivity contribution is 9.10. The molecule has 0 amide bonds. The molecule has 3 aromatic carbocycles. The quantitative estimate of drug-likeness (QED) is 0.218. The number of aromatic hydroxyl groups is 1. The second-order valence-corrected chi connectivity index (χ2v) is 17.7. The Balaban J connectivity index is 2.02. The molecule has 3 aromatic rings. The third kappa shape index (κ3) is 6.66.